The number of methoxy groups -OCH3 is 3. The van der Waals surface area contributed by atoms with Crippen molar-refractivity contribution in [3.63, 3.8) is 0 Å². The molecule has 3 aromatic rings. The number of imidazole rings is 1. The second-order valence-corrected chi connectivity index (χ2v) is 8.79. The first-order valence-corrected chi connectivity index (χ1v) is 11.5. The number of nitrogens with zero attached hydrogens (tertiary/aromatic N) is 3. The molecule has 0 aliphatic rings. The summed E-state index contributed by atoms with van der Waals surface area (Å²) >= 11 is 2.46. The Labute approximate surface area is 192 Å². The van der Waals surface area contributed by atoms with Gasteiger partial charge in [0.2, 0.25) is 0 Å². The van der Waals surface area contributed by atoms with Crippen molar-refractivity contribution in [1.82, 2.24) is 19.5 Å². The van der Waals surface area contributed by atoms with E-state index in [-0.39, 0.29) is 22.2 Å². The molecule has 0 amide bonds. The molecule has 3 rings (SSSR count). The third-order valence-corrected chi connectivity index (χ3v) is 7.00. The van der Waals surface area contributed by atoms with Crippen molar-refractivity contribution in [2.75, 3.05) is 27.9 Å². The third kappa shape index (κ3) is 4.87. The van der Waals surface area contributed by atoms with E-state index in [0.29, 0.717) is 29.6 Å². The van der Waals surface area contributed by atoms with Gasteiger partial charge in [-0.3, -0.25) is 9.59 Å². The van der Waals surface area contributed by atoms with Crippen LogP contribution in [0.3, 0.4) is 0 Å². The van der Waals surface area contributed by atoms with Crippen molar-refractivity contribution in [2.45, 2.75) is 37.7 Å². The Morgan fingerprint density at radius 1 is 1.16 bits per heavy atom. The Hall–Kier alpha value is -2.70. The summed E-state index contributed by atoms with van der Waals surface area (Å²) in [5.74, 6) is -0.395. The van der Waals surface area contributed by atoms with Gasteiger partial charge in [-0.05, 0) is 13.8 Å². The van der Waals surface area contributed by atoms with E-state index in [1.807, 2.05) is 13.8 Å². The van der Waals surface area contributed by atoms with E-state index >= 15 is 0 Å². The molecular formula is C20H24N4O6S2. The van der Waals surface area contributed by atoms with Crippen molar-refractivity contribution in [1.29, 1.82) is 0 Å². The summed E-state index contributed by atoms with van der Waals surface area (Å²) in [5, 5.41) is 0.996. The van der Waals surface area contributed by atoms with Gasteiger partial charge in [-0.25, -0.2) is 14.8 Å². The number of hydrogen-bond acceptors (Lipinski definition) is 10. The number of rotatable bonds is 9. The molecule has 0 radical (unpaired) electrons. The number of esters is 2. The Balaban J connectivity index is 1.95. The lowest BCUT2D eigenvalue weighted by Gasteiger charge is -2.09. The summed E-state index contributed by atoms with van der Waals surface area (Å²) in [6, 6.07) is 0. The third-order valence-electron chi connectivity index (χ3n) is 4.91. The number of aromatic amines is 1. The number of aromatic nitrogens is 4. The first-order chi connectivity index (χ1) is 15.3. The van der Waals surface area contributed by atoms with Gasteiger partial charge in [-0.15, -0.1) is 11.3 Å². The highest BCUT2D eigenvalue weighted by atomic mass is 32.2. The van der Waals surface area contributed by atoms with Crippen molar-refractivity contribution in [2.24, 2.45) is 0 Å². The molecule has 0 unspecified atom stereocenters. The minimum atomic E-state index is -0.631. The van der Waals surface area contributed by atoms with Crippen LogP contribution in [0, 0.1) is 13.8 Å². The van der Waals surface area contributed by atoms with Crippen LogP contribution in [0.15, 0.2) is 9.95 Å². The molecule has 12 heteroatoms. The van der Waals surface area contributed by atoms with Crippen molar-refractivity contribution in [3.05, 3.63) is 38.0 Å². The number of aryl methyl sites for hydroxylation is 1. The average molecular weight is 481 g/mol. The molecule has 0 spiro atoms. The highest BCUT2D eigenvalue weighted by Gasteiger charge is 2.25. The number of ether oxygens (including phenoxy) is 3. The second kappa shape index (κ2) is 10.3. The number of H-pyrrole nitrogens is 1. The van der Waals surface area contributed by atoms with Gasteiger partial charge in [0.1, 0.15) is 15.5 Å². The number of carbonyl (C=O) groups is 2. The van der Waals surface area contributed by atoms with Crippen LogP contribution in [0.25, 0.3) is 10.2 Å². The van der Waals surface area contributed by atoms with E-state index in [1.54, 1.807) is 7.11 Å². The molecular weight excluding hydrogens is 456 g/mol. The number of thiophene rings is 1. The topological polar surface area (TPSA) is 125 Å². The second-order valence-electron chi connectivity index (χ2n) is 6.85. The van der Waals surface area contributed by atoms with E-state index in [2.05, 4.69) is 19.5 Å². The Morgan fingerprint density at radius 2 is 1.91 bits per heavy atom. The molecule has 32 heavy (non-hydrogen) atoms. The van der Waals surface area contributed by atoms with Crippen LogP contribution in [0.5, 0.6) is 0 Å². The van der Waals surface area contributed by atoms with Crippen LogP contribution in [0.4, 0.5) is 0 Å². The van der Waals surface area contributed by atoms with E-state index in [4.69, 9.17) is 14.2 Å². The van der Waals surface area contributed by atoms with E-state index in [9.17, 15) is 14.4 Å². The van der Waals surface area contributed by atoms with E-state index in [1.165, 1.54) is 26.0 Å². The monoisotopic (exact) mass is 480 g/mol. The SMILES string of the molecule is COCCn1c(SCc2nc3sc(C(=O)OC)c(CC(=O)OC)c3c(=O)[nH]2)nc(C)c1C. The molecule has 0 atom stereocenters. The van der Waals surface area contributed by atoms with Crippen molar-refractivity contribution < 1.29 is 23.8 Å². The summed E-state index contributed by atoms with van der Waals surface area (Å²) in [6.07, 6.45) is -0.227. The smallest absolute Gasteiger partial charge is 0.348 e. The standard InChI is InChI=1S/C20H24N4O6S2/c1-10-11(2)24(6-7-28-3)20(21-10)31-9-13-22-17(26)15-12(8-14(25)29-4)16(19(27)30-5)32-18(15)23-13/h6-9H2,1-5H3,(H,22,23,26). The van der Waals surface area contributed by atoms with Crippen LogP contribution in [0.2, 0.25) is 0 Å². The maximum atomic E-state index is 12.9. The fourth-order valence-electron chi connectivity index (χ4n) is 3.13. The van der Waals surface area contributed by atoms with Gasteiger partial charge in [0.15, 0.2) is 5.16 Å². The Morgan fingerprint density at radius 3 is 2.56 bits per heavy atom. The van der Waals surface area contributed by atoms with Crippen LogP contribution >= 0.6 is 23.1 Å². The zero-order chi connectivity index (χ0) is 23.4. The molecule has 0 aliphatic carbocycles. The van der Waals surface area contributed by atoms with Crippen LogP contribution < -0.4 is 5.56 Å². The summed E-state index contributed by atoms with van der Waals surface area (Å²) in [4.78, 5) is 49.3. The molecule has 1 N–H and O–H groups in total. The maximum Gasteiger partial charge on any atom is 0.348 e. The predicted octanol–water partition coefficient (Wildman–Crippen LogP) is 2.24. The molecule has 3 heterocycles. The lowest BCUT2D eigenvalue weighted by atomic mass is 10.1. The van der Waals surface area contributed by atoms with Gasteiger partial charge in [0.05, 0.1) is 44.1 Å². The molecule has 3 aromatic heterocycles. The van der Waals surface area contributed by atoms with E-state index < -0.39 is 17.5 Å². The summed E-state index contributed by atoms with van der Waals surface area (Å²) in [5.41, 5.74) is 1.81. The van der Waals surface area contributed by atoms with Gasteiger partial charge in [-0.2, -0.15) is 0 Å². The van der Waals surface area contributed by atoms with Crippen LogP contribution in [0.1, 0.15) is 32.4 Å². The van der Waals surface area contributed by atoms with Crippen molar-refractivity contribution >= 4 is 45.3 Å². The number of hydrogen-bond donors (Lipinski definition) is 1. The number of thioether (sulfide) groups is 1. The predicted molar refractivity (Wildman–Crippen MR) is 120 cm³/mol. The molecule has 0 aliphatic heterocycles. The fraction of sp³-hybridized carbons (Fsp3) is 0.450. The zero-order valence-electron chi connectivity index (χ0n) is 18.4. The molecule has 0 fully saturated rings. The lowest BCUT2D eigenvalue weighted by molar-refractivity contribution is -0.139. The Bertz CT molecular complexity index is 1210. The lowest BCUT2D eigenvalue weighted by Crippen LogP contribution is -2.15. The highest BCUT2D eigenvalue weighted by Crippen LogP contribution is 2.30. The minimum Gasteiger partial charge on any atom is -0.469 e. The summed E-state index contributed by atoms with van der Waals surface area (Å²) < 4.78 is 16.8. The summed E-state index contributed by atoms with van der Waals surface area (Å²) in [6.45, 7) is 5.16. The quantitative estimate of drug-likeness (QED) is 0.362. The molecule has 0 aromatic carbocycles. The first-order valence-electron chi connectivity index (χ1n) is 9.65. The van der Waals surface area contributed by atoms with Gasteiger partial charge in [0.25, 0.3) is 5.56 Å². The molecule has 10 nitrogen and oxygen atoms in total. The largest absolute Gasteiger partial charge is 0.469 e. The van der Waals surface area contributed by atoms with Crippen molar-refractivity contribution in [3.8, 4) is 0 Å². The fourth-order valence-corrected chi connectivity index (χ4v) is 5.25. The summed E-state index contributed by atoms with van der Waals surface area (Å²) in [7, 11) is 4.13. The van der Waals surface area contributed by atoms with Crippen LogP contribution in [-0.4, -0.2) is 59.4 Å². The average Bonchev–Trinajstić information content (AvgIpc) is 3.27. The molecule has 0 bridgehead atoms. The molecule has 0 saturated heterocycles. The molecule has 0 saturated carbocycles. The first kappa shape index (κ1) is 24.0. The molecule has 172 valence electrons. The van der Waals surface area contributed by atoms with Gasteiger partial charge in [0, 0.05) is 24.9 Å². The zero-order valence-corrected chi connectivity index (χ0v) is 20.1. The number of nitrogens with one attached hydrogen (secondary N) is 1. The Kier molecular flexibility index (Phi) is 7.69. The van der Waals surface area contributed by atoms with Gasteiger partial charge < -0.3 is 23.8 Å². The normalized spacial score (nSPS) is 11.2. The number of fused-ring (bicyclic) bond motifs is 1. The highest BCUT2D eigenvalue weighted by molar-refractivity contribution is 7.98. The van der Waals surface area contributed by atoms with Crippen LogP contribution in [-0.2, 0) is 37.7 Å². The van der Waals surface area contributed by atoms with Gasteiger partial charge >= 0.3 is 11.9 Å². The van der Waals surface area contributed by atoms with E-state index in [0.717, 1.165) is 27.9 Å². The maximum absolute atomic E-state index is 12.9. The van der Waals surface area contributed by atoms with Gasteiger partial charge in [-0.1, -0.05) is 11.8 Å². The minimum absolute atomic E-state index is 0.164. The number of carbonyl (C=O) groups excluding carboxylic acids is 2.